The van der Waals surface area contributed by atoms with E-state index in [2.05, 4.69) is 0 Å². The van der Waals surface area contributed by atoms with Gasteiger partial charge in [0.1, 0.15) is 12.2 Å². The zero-order valence-electron chi connectivity index (χ0n) is 5.39. The Morgan fingerprint density at radius 3 is 2.11 bits per heavy atom. The number of hydrogen-bond acceptors (Lipinski definition) is 2. The molecule has 0 saturated carbocycles. The molecule has 1 aliphatic rings. The molecule has 1 rings (SSSR count). The Balaban J connectivity index is 2.79. The van der Waals surface area contributed by atoms with E-state index >= 15 is 0 Å². The average Bonchev–Trinajstić information content (AvgIpc) is 1.98. The Bertz CT molecular complexity index is 137. The van der Waals surface area contributed by atoms with Crippen LogP contribution in [0.3, 0.4) is 0 Å². The van der Waals surface area contributed by atoms with E-state index in [1.807, 2.05) is 0 Å². The second-order valence-electron chi connectivity index (χ2n) is 2.15. The molecule has 9 heavy (non-hydrogen) atoms. The Morgan fingerprint density at radius 1 is 1.44 bits per heavy atom. The molecule has 0 aromatic carbocycles. The standard InChI is InChI=1S/C6H9FO2/c1-3-5(7)6(8)4(2)9-3/h3-4,8H,1-2H3/t3-,4-/m1/s1. The van der Waals surface area contributed by atoms with Gasteiger partial charge in [-0.1, -0.05) is 0 Å². The molecule has 0 fully saturated rings. The largest absolute Gasteiger partial charge is 0.507 e. The summed E-state index contributed by atoms with van der Waals surface area (Å²) in [5.74, 6) is -0.801. The lowest BCUT2D eigenvalue weighted by atomic mass is 10.3. The quantitative estimate of drug-likeness (QED) is 0.541. The van der Waals surface area contributed by atoms with E-state index in [0.717, 1.165) is 0 Å². The van der Waals surface area contributed by atoms with E-state index in [1.165, 1.54) is 0 Å². The van der Waals surface area contributed by atoms with Crippen LogP contribution in [0, 0.1) is 0 Å². The number of halogens is 1. The highest BCUT2D eigenvalue weighted by Crippen LogP contribution is 2.25. The van der Waals surface area contributed by atoms with Crippen LogP contribution in [0.1, 0.15) is 13.8 Å². The third kappa shape index (κ3) is 0.920. The van der Waals surface area contributed by atoms with Gasteiger partial charge in [-0.2, -0.15) is 0 Å². The minimum Gasteiger partial charge on any atom is -0.507 e. The molecule has 0 radical (unpaired) electrons. The van der Waals surface area contributed by atoms with Crippen molar-refractivity contribution in [3.05, 3.63) is 11.6 Å². The highest BCUT2D eigenvalue weighted by atomic mass is 19.1. The SMILES string of the molecule is C[C@H]1O[C@H](C)C(F)=C1O. The fraction of sp³-hybridized carbons (Fsp3) is 0.667. The molecular weight excluding hydrogens is 123 g/mol. The molecule has 0 spiro atoms. The minimum absolute atomic E-state index is 0.262. The van der Waals surface area contributed by atoms with Gasteiger partial charge in [-0.3, -0.25) is 0 Å². The molecule has 1 heterocycles. The van der Waals surface area contributed by atoms with Crippen molar-refractivity contribution in [3.8, 4) is 0 Å². The summed E-state index contributed by atoms with van der Waals surface area (Å²) in [6.45, 7) is 3.17. The highest BCUT2D eigenvalue weighted by molar-refractivity contribution is 5.13. The van der Waals surface area contributed by atoms with Gasteiger partial charge in [0.05, 0.1) is 0 Å². The van der Waals surface area contributed by atoms with Crippen molar-refractivity contribution < 1.29 is 14.2 Å². The number of aliphatic hydroxyl groups is 1. The molecule has 2 atom stereocenters. The maximum Gasteiger partial charge on any atom is 0.168 e. The van der Waals surface area contributed by atoms with Gasteiger partial charge in [0.15, 0.2) is 11.6 Å². The van der Waals surface area contributed by atoms with Crippen molar-refractivity contribution in [2.24, 2.45) is 0 Å². The van der Waals surface area contributed by atoms with Crippen molar-refractivity contribution in [2.45, 2.75) is 26.1 Å². The summed E-state index contributed by atoms with van der Waals surface area (Å²) in [5.41, 5.74) is 0. The fourth-order valence-corrected chi connectivity index (χ4v) is 0.833. The number of hydrogen-bond donors (Lipinski definition) is 1. The van der Waals surface area contributed by atoms with Gasteiger partial charge in [0.2, 0.25) is 0 Å². The molecule has 0 amide bonds. The summed E-state index contributed by atoms with van der Waals surface area (Å²) in [4.78, 5) is 0. The first-order chi connectivity index (χ1) is 4.13. The molecular formula is C6H9FO2. The van der Waals surface area contributed by atoms with Crippen LogP contribution < -0.4 is 0 Å². The van der Waals surface area contributed by atoms with E-state index < -0.39 is 18.0 Å². The van der Waals surface area contributed by atoms with Crippen LogP contribution in [0.4, 0.5) is 4.39 Å². The smallest absolute Gasteiger partial charge is 0.168 e. The molecule has 2 nitrogen and oxygen atoms in total. The van der Waals surface area contributed by atoms with Crippen LogP contribution in [0.15, 0.2) is 11.6 Å². The summed E-state index contributed by atoms with van der Waals surface area (Å²) in [5, 5.41) is 8.82. The third-order valence-electron chi connectivity index (χ3n) is 1.39. The van der Waals surface area contributed by atoms with Crippen LogP contribution in [0.5, 0.6) is 0 Å². The van der Waals surface area contributed by atoms with Crippen LogP contribution >= 0.6 is 0 Å². The molecule has 0 aromatic rings. The molecule has 0 aliphatic carbocycles. The van der Waals surface area contributed by atoms with Crippen LogP contribution in [0.25, 0.3) is 0 Å². The second-order valence-corrected chi connectivity index (χ2v) is 2.15. The summed E-state index contributed by atoms with van der Waals surface area (Å²) in [6, 6.07) is 0. The van der Waals surface area contributed by atoms with Crippen molar-refractivity contribution in [1.82, 2.24) is 0 Å². The predicted octanol–water partition coefficient (Wildman–Crippen LogP) is 1.53. The first-order valence-corrected chi connectivity index (χ1v) is 2.87. The second kappa shape index (κ2) is 1.99. The van der Waals surface area contributed by atoms with Crippen LogP contribution in [0.2, 0.25) is 0 Å². The lowest BCUT2D eigenvalue weighted by Gasteiger charge is -2.03. The molecule has 1 N–H and O–H groups in total. The maximum atomic E-state index is 12.5. The van der Waals surface area contributed by atoms with Gasteiger partial charge in [0.25, 0.3) is 0 Å². The van der Waals surface area contributed by atoms with E-state index in [9.17, 15) is 4.39 Å². The number of ether oxygens (including phenoxy) is 1. The third-order valence-corrected chi connectivity index (χ3v) is 1.39. The normalized spacial score (nSPS) is 35.9. The van der Waals surface area contributed by atoms with Gasteiger partial charge in [0, 0.05) is 0 Å². The minimum atomic E-state index is -0.569. The van der Waals surface area contributed by atoms with Crippen molar-refractivity contribution in [2.75, 3.05) is 0 Å². The molecule has 52 valence electrons. The summed E-state index contributed by atoms with van der Waals surface area (Å²) in [6.07, 6.45) is -1.04. The molecule has 0 aromatic heterocycles. The summed E-state index contributed by atoms with van der Waals surface area (Å²) >= 11 is 0. The van der Waals surface area contributed by atoms with E-state index in [1.54, 1.807) is 13.8 Å². The molecule has 1 aliphatic heterocycles. The van der Waals surface area contributed by atoms with Gasteiger partial charge in [-0.15, -0.1) is 0 Å². The van der Waals surface area contributed by atoms with Crippen molar-refractivity contribution in [3.63, 3.8) is 0 Å². The Hall–Kier alpha value is -0.570. The monoisotopic (exact) mass is 132 g/mol. The summed E-state index contributed by atoms with van der Waals surface area (Å²) in [7, 11) is 0. The van der Waals surface area contributed by atoms with Gasteiger partial charge >= 0.3 is 0 Å². The van der Waals surface area contributed by atoms with Gasteiger partial charge in [-0.25, -0.2) is 4.39 Å². The molecule has 3 heteroatoms. The fourth-order valence-electron chi connectivity index (χ4n) is 0.833. The van der Waals surface area contributed by atoms with Crippen LogP contribution in [-0.2, 0) is 4.74 Å². The predicted molar refractivity (Wildman–Crippen MR) is 30.8 cm³/mol. The number of rotatable bonds is 0. The van der Waals surface area contributed by atoms with Crippen LogP contribution in [-0.4, -0.2) is 17.3 Å². The topological polar surface area (TPSA) is 29.5 Å². The zero-order chi connectivity index (χ0) is 7.02. The van der Waals surface area contributed by atoms with E-state index in [-0.39, 0.29) is 5.76 Å². The first-order valence-electron chi connectivity index (χ1n) is 2.87. The lowest BCUT2D eigenvalue weighted by molar-refractivity contribution is 0.0539. The first kappa shape index (κ1) is 6.55. The highest BCUT2D eigenvalue weighted by Gasteiger charge is 2.28. The Morgan fingerprint density at radius 2 is 2.00 bits per heavy atom. The van der Waals surface area contributed by atoms with Gasteiger partial charge < -0.3 is 9.84 Å². The Labute approximate surface area is 52.9 Å². The molecule has 0 unspecified atom stereocenters. The molecule has 0 bridgehead atoms. The van der Waals surface area contributed by atoms with Crippen molar-refractivity contribution in [1.29, 1.82) is 0 Å². The van der Waals surface area contributed by atoms with E-state index in [0.29, 0.717) is 0 Å². The zero-order valence-corrected chi connectivity index (χ0v) is 5.39. The Kier molecular flexibility index (Phi) is 1.45. The number of aliphatic hydroxyl groups excluding tert-OH is 1. The summed E-state index contributed by atoms with van der Waals surface area (Å²) < 4.78 is 17.4. The maximum absolute atomic E-state index is 12.5. The lowest BCUT2D eigenvalue weighted by Crippen LogP contribution is -2.07. The van der Waals surface area contributed by atoms with Crippen molar-refractivity contribution >= 4 is 0 Å². The van der Waals surface area contributed by atoms with Gasteiger partial charge in [-0.05, 0) is 13.8 Å². The average molecular weight is 132 g/mol. The molecule has 0 saturated heterocycles. The van der Waals surface area contributed by atoms with E-state index in [4.69, 9.17) is 9.84 Å².